The summed E-state index contributed by atoms with van der Waals surface area (Å²) in [5, 5.41) is 4.60. The van der Waals surface area contributed by atoms with Gasteiger partial charge in [0.2, 0.25) is 0 Å². The highest BCUT2D eigenvalue weighted by Gasteiger charge is 2.48. The Labute approximate surface area is 170 Å². The Kier molecular flexibility index (Phi) is 4.29. The van der Waals surface area contributed by atoms with Crippen LogP contribution in [0, 0.1) is 23.7 Å². The third-order valence-electron chi connectivity index (χ3n) is 7.00. The molecule has 0 aliphatic heterocycles. The molecule has 5 heteroatoms. The summed E-state index contributed by atoms with van der Waals surface area (Å²) < 4.78 is 1.89. The van der Waals surface area contributed by atoms with Crippen molar-refractivity contribution in [3.8, 4) is 11.1 Å². The van der Waals surface area contributed by atoms with Crippen molar-refractivity contribution in [2.45, 2.75) is 38.1 Å². The number of hydrogen-bond donors (Lipinski definition) is 1. The number of hydrogen-bond acceptors (Lipinski definition) is 1. The predicted molar refractivity (Wildman–Crippen MR) is 109 cm³/mol. The fourth-order valence-electron chi connectivity index (χ4n) is 6.05. The first-order chi connectivity index (χ1) is 13.0. The Balaban J connectivity index is 1.37. The maximum absolute atomic E-state index is 13.1. The van der Waals surface area contributed by atoms with Crippen molar-refractivity contribution in [2.75, 3.05) is 0 Å². The molecule has 4 saturated carbocycles. The molecule has 2 aromatic rings. The number of aromatic nitrogens is 1. The van der Waals surface area contributed by atoms with Gasteiger partial charge in [-0.1, -0.05) is 29.3 Å². The first-order valence-electron chi connectivity index (χ1n) is 9.90. The monoisotopic (exact) mass is 402 g/mol. The van der Waals surface area contributed by atoms with Gasteiger partial charge in [-0.15, -0.1) is 0 Å². The molecule has 1 N–H and O–H groups in total. The van der Waals surface area contributed by atoms with Gasteiger partial charge in [0.1, 0.15) is 5.69 Å². The zero-order chi connectivity index (χ0) is 18.7. The van der Waals surface area contributed by atoms with Crippen LogP contribution in [-0.2, 0) is 7.05 Å². The quantitative estimate of drug-likeness (QED) is 0.716. The lowest BCUT2D eigenvalue weighted by atomic mass is 9.54. The van der Waals surface area contributed by atoms with Crippen LogP contribution >= 0.6 is 23.2 Å². The van der Waals surface area contributed by atoms with E-state index in [0.29, 0.717) is 33.6 Å². The molecule has 0 radical (unpaired) electrons. The lowest BCUT2D eigenvalue weighted by molar-refractivity contribution is -0.0120. The van der Waals surface area contributed by atoms with Crippen LogP contribution in [0.1, 0.15) is 42.6 Å². The number of nitrogens with zero attached hydrogens (tertiary/aromatic N) is 1. The summed E-state index contributed by atoms with van der Waals surface area (Å²) in [6, 6.07) is 7.74. The van der Waals surface area contributed by atoms with Crippen molar-refractivity contribution in [1.29, 1.82) is 0 Å². The van der Waals surface area contributed by atoms with Crippen LogP contribution in [0.2, 0.25) is 10.0 Å². The first kappa shape index (κ1) is 17.6. The Bertz CT molecular complexity index is 876. The summed E-state index contributed by atoms with van der Waals surface area (Å²) in [7, 11) is 1.92. The normalized spacial score (nSPS) is 31.3. The minimum Gasteiger partial charge on any atom is -0.347 e. The van der Waals surface area contributed by atoms with E-state index in [-0.39, 0.29) is 5.91 Å². The molecular formula is C22H24Cl2N2O. The number of halogens is 2. The van der Waals surface area contributed by atoms with E-state index in [0.717, 1.165) is 23.0 Å². The summed E-state index contributed by atoms with van der Waals surface area (Å²) in [6.45, 7) is 0. The van der Waals surface area contributed by atoms with E-state index >= 15 is 0 Å². The number of rotatable bonds is 3. The summed E-state index contributed by atoms with van der Waals surface area (Å²) in [6.07, 6.45) is 8.60. The first-order valence-corrected chi connectivity index (χ1v) is 10.7. The fourth-order valence-corrected chi connectivity index (χ4v) is 6.56. The highest BCUT2D eigenvalue weighted by atomic mass is 35.5. The maximum atomic E-state index is 13.1. The molecule has 1 heterocycles. The summed E-state index contributed by atoms with van der Waals surface area (Å²) >= 11 is 12.4. The van der Waals surface area contributed by atoms with E-state index < -0.39 is 0 Å². The largest absolute Gasteiger partial charge is 0.347 e. The Hall–Kier alpha value is -1.45. The van der Waals surface area contributed by atoms with Gasteiger partial charge in [0.15, 0.2) is 0 Å². The lowest BCUT2D eigenvalue weighted by Gasteiger charge is -2.54. The topological polar surface area (TPSA) is 34.0 Å². The number of carbonyl (C=O) groups excluding carboxylic acids is 1. The molecule has 0 unspecified atom stereocenters. The second-order valence-electron chi connectivity index (χ2n) is 8.78. The summed E-state index contributed by atoms with van der Waals surface area (Å²) in [4.78, 5) is 13.1. The van der Waals surface area contributed by atoms with Crippen molar-refractivity contribution in [2.24, 2.45) is 30.7 Å². The highest BCUT2D eigenvalue weighted by Crippen LogP contribution is 2.53. The van der Waals surface area contributed by atoms with Gasteiger partial charge in [-0.2, -0.15) is 0 Å². The molecule has 1 amide bonds. The molecular weight excluding hydrogens is 379 g/mol. The average Bonchev–Trinajstić information content (AvgIpc) is 2.99. The number of nitrogens with one attached hydrogen (secondary N) is 1. The van der Waals surface area contributed by atoms with Crippen molar-refractivity contribution in [3.05, 3.63) is 46.2 Å². The molecule has 27 heavy (non-hydrogen) atoms. The van der Waals surface area contributed by atoms with E-state index in [9.17, 15) is 4.79 Å². The van der Waals surface area contributed by atoms with Crippen molar-refractivity contribution < 1.29 is 4.79 Å². The van der Waals surface area contributed by atoms with E-state index in [2.05, 4.69) is 5.32 Å². The molecule has 6 rings (SSSR count). The van der Waals surface area contributed by atoms with E-state index in [4.69, 9.17) is 23.2 Å². The summed E-state index contributed by atoms with van der Waals surface area (Å²) in [5.74, 6) is 3.21. The zero-order valence-electron chi connectivity index (χ0n) is 15.4. The van der Waals surface area contributed by atoms with Gasteiger partial charge in [-0.25, -0.2) is 0 Å². The summed E-state index contributed by atoms with van der Waals surface area (Å²) in [5.41, 5.74) is 2.52. The molecule has 3 nitrogen and oxygen atoms in total. The maximum Gasteiger partial charge on any atom is 0.268 e. The minimum absolute atomic E-state index is 0.0336. The molecule has 0 spiro atoms. The third-order valence-corrected chi connectivity index (χ3v) is 7.55. The Morgan fingerprint density at radius 2 is 1.70 bits per heavy atom. The second-order valence-corrected chi connectivity index (χ2v) is 9.62. The van der Waals surface area contributed by atoms with Gasteiger partial charge in [-0.3, -0.25) is 4.79 Å². The van der Waals surface area contributed by atoms with Crippen LogP contribution in [0.3, 0.4) is 0 Å². The van der Waals surface area contributed by atoms with Crippen LogP contribution in [0.25, 0.3) is 11.1 Å². The van der Waals surface area contributed by atoms with Crippen LogP contribution in [0.15, 0.2) is 30.5 Å². The molecule has 4 bridgehead atoms. The van der Waals surface area contributed by atoms with Gasteiger partial charge < -0.3 is 9.88 Å². The minimum atomic E-state index is 0.0336. The number of carbonyl (C=O) groups is 1. The van der Waals surface area contributed by atoms with E-state index in [1.54, 1.807) is 6.07 Å². The SMILES string of the molecule is Cn1cc(-c2ccc(Cl)cc2Cl)cc1C(=O)NC1C2CC3CC(C2)CC1C3. The van der Waals surface area contributed by atoms with Crippen LogP contribution < -0.4 is 5.32 Å². The van der Waals surface area contributed by atoms with Gasteiger partial charge in [0.25, 0.3) is 5.91 Å². The molecule has 4 aliphatic carbocycles. The predicted octanol–water partition coefficient (Wildman–Crippen LogP) is 5.55. The number of benzene rings is 1. The zero-order valence-corrected chi connectivity index (χ0v) is 16.9. The number of aryl methyl sites for hydroxylation is 1. The Morgan fingerprint density at radius 1 is 1.04 bits per heavy atom. The van der Waals surface area contributed by atoms with Crippen LogP contribution in [0.4, 0.5) is 0 Å². The van der Waals surface area contributed by atoms with Crippen molar-refractivity contribution in [1.82, 2.24) is 9.88 Å². The smallest absolute Gasteiger partial charge is 0.268 e. The molecule has 0 atom stereocenters. The second kappa shape index (κ2) is 6.56. The molecule has 1 aromatic heterocycles. The molecule has 4 fully saturated rings. The van der Waals surface area contributed by atoms with Gasteiger partial charge in [0, 0.05) is 40.5 Å². The van der Waals surface area contributed by atoms with E-state index in [1.807, 2.05) is 36.0 Å². The Morgan fingerprint density at radius 3 is 2.33 bits per heavy atom. The van der Waals surface area contributed by atoms with Crippen LogP contribution in [0.5, 0.6) is 0 Å². The molecule has 1 aromatic carbocycles. The van der Waals surface area contributed by atoms with Gasteiger partial charge in [0.05, 0.1) is 0 Å². The van der Waals surface area contributed by atoms with Crippen molar-refractivity contribution >= 4 is 29.1 Å². The molecule has 4 aliphatic rings. The fraction of sp³-hybridized carbons (Fsp3) is 0.500. The van der Waals surface area contributed by atoms with Gasteiger partial charge in [-0.05, 0) is 74.0 Å². The molecule has 0 saturated heterocycles. The third kappa shape index (κ3) is 3.09. The molecule has 142 valence electrons. The highest BCUT2D eigenvalue weighted by molar-refractivity contribution is 6.36. The van der Waals surface area contributed by atoms with Crippen molar-refractivity contribution in [3.63, 3.8) is 0 Å². The van der Waals surface area contributed by atoms with E-state index in [1.165, 1.54) is 32.1 Å². The van der Waals surface area contributed by atoms with Gasteiger partial charge >= 0.3 is 0 Å². The average molecular weight is 403 g/mol. The number of amides is 1. The standard InChI is InChI=1S/C22H24Cl2N2O/c1-26-11-16(18-3-2-17(23)10-19(18)24)9-20(26)22(27)25-21-14-5-12-4-13(7-14)8-15(21)6-12/h2-3,9-15,21H,4-8H2,1H3,(H,25,27). The lowest BCUT2D eigenvalue weighted by Crippen LogP contribution is -2.56. The van der Waals surface area contributed by atoms with Crippen LogP contribution in [-0.4, -0.2) is 16.5 Å².